The van der Waals surface area contributed by atoms with E-state index < -0.39 is 35.9 Å². The van der Waals surface area contributed by atoms with Crippen molar-refractivity contribution in [2.75, 3.05) is 6.54 Å². The zero-order valence-corrected chi connectivity index (χ0v) is 17.4. The molecule has 0 radical (unpaired) electrons. The van der Waals surface area contributed by atoms with Crippen LogP contribution in [0.3, 0.4) is 0 Å². The number of carbonyl (C=O) groups excluding carboxylic acids is 1. The number of rotatable bonds is 4. The van der Waals surface area contributed by atoms with Crippen molar-refractivity contribution in [2.45, 2.75) is 31.9 Å². The fourth-order valence-corrected chi connectivity index (χ4v) is 4.10. The first-order valence-corrected chi connectivity index (χ1v) is 10.2. The number of H-pyrrole nitrogens is 1. The van der Waals surface area contributed by atoms with Crippen molar-refractivity contribution in [1.82, 2.24) is 29.5 Å². The molecule has 0 aliphatic carbocycles. The lowest BCUT2D eigenvalue weighted by molar-refractivity contribution is 0.0631. The van der Waals surface area contributed by atoms with Gasteiger partial charge in [0.05, 0.1) is 23.2 Å². The number of aliphatic hydroxyl groups excluding tert-OH is 1. The number of alkyl halides is 2. The molecule has 4 aromatic heterocycles. The molecule has 0 spiro atoms. The van der Waals surface area contributed by atoms with E-state index in [1.165, 1.54) is 22.7 Å². The minimum absolute atomic E-state index is 0.202. The molecular weight excluding hydrogens is 446 g/mol. The molecule has 0 saturated heterocycles. The van der Waals surface area contributed by atoms with Crippen LogP contribution < -0.4 is 0 Å². The SMILES string of the molecule is CC(O)c1nc(C(F)F)c(C(=O)N2CCc3[nH]cnc3[C@H]2c2cc3cccc(Cl)n3n2)o1. The van der Waals surface area contributed by atoms with Gasteiger partial charge < -0.3 is 19.4 Å². The lowest BCUT2D eigenvalue weighted by Gasteiger charge is -2.33. The molecule has 166 valence electrons. The number of amides is 1. The largest absolute Gasteiger partial charge is 0.432 e. The summed E-state index contributed by atoms with van der Waals surface area (Å²) in [6, 6.07) is 6.25. The number of aromatic nitrogens is 5. The van der Waals surface area contributed by atoms with Gasteiger partial charge >= 0.3 is 0 Å². The third-order valence-corrected chi connectivity index (χ3v) is 5.64. The first-order valence-electron chi connectivity index (χ1n) is 9.79. The van der Waals surface area contributed by atoms with E-state index in [-0.39, 0.29) is 12.4 Å². The van der Waals surface area contributed by atoms with Crippen molar-refractivity contribution in [3.8, 4) is 0 Å². The van der Waals surface area contributed by atoms with Crippen LogP contribution in [0, 0.1) is 0 Å². The standard InChI is InChI=1S/C20H17ClF2N6O3/c1-9(30)19-26-15(18(22)23)17(32-19)20(31)28-6-5-11-14(25-8-24-11)16(28)12-7-10-3-2-4-13(21)29(10)27-12/h2-4,7-9,16,18,30H,5-6H2,1H3,(H,24,25)/t9?,16-/m1/s1. The topological polar surface area (TPSA) is 113 Å². The molecule has 1 aliphatic heterocycles. The molecule has 2 N–H and O–H groups in total. The second-order valence-electron chi connectivity index (χ2n) is 7.41. The molecule has 0 saturated carbocycles. The Kier molecular flexibility index (Phi) is 4.94. The quantitative estimate of drug-likeness (QED) is 0.449. The molecule has 5 heterocycles. The average Bonchev–Trinajstić information content (AvgIpc) is 3.49. The van der Waals surface area contributed by atoms with Crippen LogP contribution in [0.4, 0.5) is 8.78 Å². The smallest absolute Gasteiger partial charge is 0.292 e. The Balaban J connectivity index is 1.63. The predicted molar refractivity (Wildman–Crippen MR) is 107 cm³/mol. The highest BCUT2D eigenvalue weighted by Gasteiger charge is 2.40. The van der Waals surface area contributed by atoms with Gasteiger partial charge in [-0.25, -0.2) is 23.3 Å². The van der Waals surface area contributed by atoms with Gasteiger partial charge in [-0.3, -0.25) is 4.79 Å². The molecular formula is C20H17ClF2N6O3. The number of imidazole rings is 1. The van der Waals surface area contributed by atoms with Gasteiger partial charge in [0.1, 0.15) is 17.3 Å². The minimum Gasteiger partial charge on any atom is -0.432 e. The molecule has 12 heteroatoms. The summed E-state index contributed by atoms with van der Waals surface area (Å²) in [4.78, 5) is 25.8. The Morgan fingerprint density at radius 2 is 2.22 bits per heavy atom. The highest BCUT2D eigenvalue weighted by Crippen LogP contribution is 2.36. The molecule has 4 aromatic rings. The van der Waals surface area contributed by atoms with E-state index in [4.69, 9.17) is 16.0 Å². The number of hydrogen-bond acceptors (Lipinski definition) is 6. The summed E-state index contributed by atoms with van der Waals surface area (Å²) >= 11 is 6.24. The second-order valence-corrected chi connectivity index (χ2v) is 7.80. The van der Waals surface area contributed by atoms with Crippen LogP contribution in [-0.2, 0) is 6.42 Å². The first-order chi connectivity index (χ1) is 15.3. The molecule has 1 unspecified atom stereocenters. The van der Waals surface area contributed by atoms with Gasteiger partial charge in [-0.1, -0.05) is 17.7 Å². The summed E-state index contributed by atoms with van der Waals surface area (Å²) in [5.41, 5.74) is 1.73. The van der Waals surface area contributed by atoms with E-state index in [0.717, 1.165) is 5.69 Å². The van der Waals surface area contributed by atoms with Crippen LogP contribution >= 0.6 is 11.6 Å². The van der Waals surface area contributed by atoms with Crippen molar-refractivity contribution in [2.24, 2.45) is 0 Å². The average molecular weight is 463 g/mol. The predicted octanol–water partition coefficient (Wildman–Crippen LogP) is 3.48. The molecule has 0 aromatic carbocycles. The van der Waals surface area contributed by atoms with Crippen LogP contribution in [0.15, 0.2) is 35.0 Å². The van der Waals surface area contributed by atoms with Gasteiger partial charge in [0.15, 0.2) is 5.69 Å². The summed E-state index contributed by atoms with van der Waals surface area (Å²) < 4.78 is 34.0. The molecule has 32 heavy (non-hydrogen) atoms. The fourth-order valence-electron chi connectivity index (χ4n) is 3.89. The molecule has 2 atom stereocenters. The zero-order valence-electron chi connectivity index (χ0n) is 16.7. The number of aromatic amines is 1. The van der Waals surface area contributed by atoms with Crippen LogP contribution in [0.5, 0.6) is 0 Å². The Bertz CT molecular complexity index is 1310. The lowest BCUT2D eigenvalue weighted by Crippen LogP contribution is -2.41. The number of pyridine rings is 1. The van der Waals surface area contributed by atoms with Gasteiger partial charge in [-0.2, -0.15) is 5.10 Å². The van der Waals surface area contributed by atoms with E-state index in [9.17, 15) is 18.7 Å². The van der Waals surface area contributed by atoms with Gasteiger partial charge in [-0.15, -0.1) is 0 Å². The summed E-state index contributed by atoms with van der Waals surface area (Å²) in [6.45, 7) is 1.52. The van der Waals surface area contributed by atoms with Crippen molar-refractivity contribution in [3.63, 3.8) is 0 Å². The van der Waals surface area contributed by atoms with Crippen LogP contribution in [-0.4, -0.2) is 47.0 Å². The molecule has 1 amide bonds. The maximum atomic E-state index is 13.6. The van der Waals surface area contributed by atoms with E-state index >= 15 is 0 Å². The third kappa shape index (κ3) is 3.24. The molecule has 5 rings (SSSR count). The van der Waals surface area contributed by atoms with Crippen LogP contribution in [0.2, 0.25) is 5.15 Å². The lowest BCUT2D eigenvalue weighted by atomic mass is 9.99. The number of hydrogen-bond donors (Lipinski definition) is 2. The molecule has 1 aliphatic rings. The van der Waals surface area contributed by atoms with Crippen molar-refractivity contribution < 1.29 is 23.1 Å². The molecule has 0 fully saturated rings. The van der Waals surface area contributed by atoms with Crippen LogP contribution in [0.25, 0.3) is 5.52 Å². The highest BCUT2D eigenvalue weighted by molar-refractivity contribution is 6.29. The van der Waals surface area contributed by atoms with E-state index in [0.29, 0.717) is 28.5 Å². The van der Waals surface area contributed by atoms with Gasteiger partial charge in [0.2, 0.25) is 11.7 Å². The van der Waals surface area contributed by atoms with E-state index in [1.807, 2.05) is 6.07 Å². The molecule has 9 nitrogen and oxygen atoms in total. The van der Waals surface area contributed by atoms with Crippen LogP contribution in [0.1, 0.15) is 64.7 Å². The Hall–Kier alpha value is -3.31. The highest BCUT2D eigenvalue weighted by atomic mass is 35.5. The first kappa shape index (κ1) is 20.6. The maximum absolute atomic E-state index is 13.6. The summed E-state index contributed by atoms with van der Waals surface area (Å²) in [5.74, 6) is -1.75. The number of oxazole rings is 1. The fraction of sp³-hybridized carbons (Fsp3) is 0.300. The summed E-state index contributed by atoms with van der Waals surface area (Å²) in [6.07, 6.45) is -2.35. The van der Waals surface area contributed by atoms with Crippen molar-refractivity contribution in [3.05, 3.63) is 70.2 Å². The number of halogens is 3. The van der Waals surface area contributed by atoms with Crippen molar-refractivity contribution in [1.29, 1.82) is 0 Å². The second kappa shape index (κ2) is 7.68. The normalized spacial score (nSPS) is 17.2. The van der Waals surface area contributed by atoms with Gasteiger partial charge in [0.25, 0.3) is 12.3 Å². The summed E-state index contributed by atoms with van der Waals surface area (Å²) in [5, 5.41) is 14.6. The van der Waals surface area contributed by atoms with Gasteiger partial charge in [-0.05, 0) is 25.1 Å². The minimum atomic E-state index is -3.05. The maximum Gasteiger partial charge on any atom is 0.292 e. The monoisotopic (exact) mass is 462 g/mol. The zero-order chi connectivity index (χ0) is 22.6. The Labute approximate surface area is 184 Å². The number of nitrogens with one attached hydrogen (secondary N) is 1. The third-order valence-electron chi connectivity index (χ3n) is 5.35. The van der Waals surface area contributed by atoms with Crippen molar-refractivity contribution >= 4 is 23.0 Å². The number of nitrogens with zero attached hydrogens (tertiary/aromatic N) is 5. The van der Waals surface area contributed by atoms with Gasteiger partial charge in [0, 0.05) is 18.7 Å². The summed E-state index contributed by atoms with van der Waals surface area (Å²) in [7, 11) is 0. The molecule has 0 bridgehead atoms. The Morgan fingerprint density at radius 1 is 1.41 bits per heavy atom. The number of carbonyl (C=O) groups is 1. The Morgan fingerprint density at radius 3 is 2.94 bits per heavy atom. The van der Waals surface area contributed by atoms with E-state index in [1.54, 1.807) is 18.2 Å². The van der Waals surface area contributed by atoms with E-state index in [2.05, 4.69) is 20.1 Å². The number of fused-ring (bicyclic) bond motifs is 2. The number of aliphatic hydroxyl groups is 1.